The van der Waals surface area contributed by atoms with Crippen LogP contribution in [0, 0.1) is 11.7 Å². The summed E-state index contributed by atoms with van der Waals surface area (Å²) in [4.78, 5) is 31.1. The molecule has 34 heavy (non-hydrogen) atoms. The number of hydrogen-bond acceptors (Lipinski definition) is 3. The van der Waals surface area contributed by atoms with Gasteiger partial charge in [-0.05, 0) is 24.5 Å². The number of alkyl halides is 2. The Morgan fingerprint density at radius 1 is 1.12 bits per heavy atom. The average molecular weight is 465 g/mol. The quantitative estimate of drug-likeness (QED) is 0.586. The van der Waals surface area contributed by atoms with E-state index in [-0.39, 0.29) is 43.7 Å². The van der Waals surface area contributed by atoms with Crippen molar-refractivity contribution in [2.24, 2.45) is 5.92 Å². The number of likely N-dealkylation sites (tertiary alicyclic amines) is 1. The van der Waals surface area contributed by atoms with Crippen LogP contribution in [0.15, 0.2) is 42.6 Å². The molecule has 1 aromatic heterocycles. The van der Waals surface area contributed by atoms with Gasteiger partial charge in [0.1, 0.15) is 5.82 Å². The van der Waals surface area contributed by atoms with Gasteiger partial charge in [-0.3, -0.25) is 14.6 Å². The van der Waals surface area contributed by atoms with Gasteiger partial charge in [-0.2, -0.15) is 0 Å². The van der Waals surface area contributed by atoms with E-state index in [4.69, 9.17) is 0 Å². The molecule has 3 heterocycles. The number of para-hydroxylation sites is 1. The van der Waals surface area contributed by atoms with Crippen LogP contribution in [0.2, 0.25) is 0 Å². The number of nitrogens with zero attached hydrogens (tertiary/aromatic N) is 2. The van der Waals surface area contributed by atoms with Crippen LogP contribution in [0.3, 0.4) is 0 Å². The molecule has 1 N–H and O–H groups in total. The lowest BCUT2D eigenvalue weighted by molar-refractivity contribution is -0.0494. The van der Waals surface area contributed by atoms with Gasteiger partial charge in [0.2, 0.25) is 0 Å². The summed E-state index contributed by atoms with van der Waals surface area (Å²) in [7, 11) is 0. The Labute approximate surface area is 194 Å². The second-order valence-corrected chi connectivity index (χ2v) is 9.63. The minimum absolute atomic E-state index is 0.00280. The predicted octanol–water partition coefficient (Wildman–Crippen LogP) is 4.89. The van der Waals surface area contributed by atoms with Crippen LogP contribution in [0.5, 0.6) is 0 Å². The van der Waals surface area contributed by atoms with Crippen molar-refractivity contribution in [1.29, 1.82) is 0 Å². The molecule has 0 bridgehead atoms. The van der Waals surface area contributed by atoms with Crippen molar-refractivity contribution < 1.29 is 22.8 Å². The molecular weight excluding hydrogens is 443 g/mol. The molecule has 1 spiro atoms. The Balaban J connectivity index is 1.38. The second kappa shape index (κ2) is 7.04. The van der Waals surface area contributed by atoms with Gasteiger partial charge in [0, 0.05) is 59.8 Å². The Morgan fingerprint density at radius 3 is 2.53 bits per heavy atom. The third kappa shape index (κ3) is 3.04. The summed E-state index contributed by atoms with van der Waals surface area (Å²) >= 11 is 0. The van der Waals surface area contributed by atoms with E-state index >= 15 is 4.39 Å². The van der Waals surface area contributed by atoms with E-state index in [1.807, 2.05) is 6.92 Å². The molecule has 5 nitrogen and oxygen atoms in total. The van der Waals surface area contributed by atoms with Crippen molar-refractivity contribution in [3.05, 3.63) is 65.1 Å². The fraction of sp³-hybridized carbons (Fsp3) is 0.346. The molecule has 3 aliphatic rings. The van der Waals surface area contributed by atoms with E-state index in [0.717, 1.165) is 0 Å². The highest BCUT2D eigenvalue weighted by molar-refractivity contribution is 6.03. The first-order valence-corrected chi connectivity index (χ1v) is 11.4. The first-order chi connectivity index (χ1) is 16.2. The molecule has 2 aliphatic heterocycles. The van der Waals surface area contributed by atoms with Crippen LogP contribution < -0.4 is 5.32 Å². The predicted molar refractivity (Wildman–Crippen MR) is 120 cm³/mol. The number of pyridine rings is 1. The van der Waals surface area contributed by atoms with E-state index in [1.54, 1.807) is 36.4 Å². The van der Waals surface area contributed by atoms with E-state index in [9.17, 15) is 18.4 Å². The lowest BCUT2D eigenvalue weighted by atomic mass is 9.93. The fourth-order valence-corrected chi connectivity index (χ4v) is 5.40. The Kier molecular flexibility index (Phi) is 4.38. The molecule has 0 radical (unpaired) electrons. The molecule has 2 aromatic carbocycles. The number of rotatable bonds is 2. The van der Waals surface area contributed by atoms with Gasteiger partial charge in [-0.1, -0.05) is 31.2 Å². The van der Waals surface area contributed by atoms with Gasteiger partial charge >= 0.3 is 0 Å². The molecule has 2 fully saturated rings. The van der Waals surface area contributed by atoms with Gasteiger partial charge in [0.25, 0.3) is 17.7 Å². The van der Waals surface area contributed by atoms with Crippen molar-refractivity contribution in [1.82, 2.24) is 15.2 Å². The van der Waals surface area contributed by atoms with E-state index < -0.39 is 17.3 Å². The summed E-state index contributed by atoms with van der Waals surface area (Å²) in [6.07, 6.45) is 1.42. The first-order valence-electron chi connectivity index (χ1n) is 11.4. The highest BCUT2D eigenvalue weighted by atomic mass is 19.3. The molecule has 2 amide bonds. The van der Waals surface area contributed by atoms with Crippen LogP contribution in [0.25, 0.3) is 22.0 Å². The third-order valence-electron chi connectivity index (χ3n) is 7.51. The fourth-order valence-electron chi connectivity index (χ4n) is 5.40. The van der Waals surface area contributed by atoms with E-state index in [0.29, 0.717) is 45.1 Å². The molecule has 174 valence electrons. The standard InChI is InChI=1S/C26H22F3N3O2/c1-14-12-26(14)20-19(23(33)31-26)6-5-17(21(20)27)18-4-2-3-15-11-16(13-30-22(15)18)24(34)32-9-7-25(28,29)8-10-32/h2-6,11,13-14H,7-10,12H2,1H3,(H,31,33). The summed E-state index contributed by atoms with van der Waals surface area (Å²) in [6.45, 7) is 1.98. The molecule has 3 aromatic rings. The number of carbonyl (C=O) groups excluding carboxylic acids is 2. The minimum Gasteiger partial charge on any atom is -0.342 e. The van der Waals surface area contributed by atoms with Gasteiger partial charge in [0.05, 0.1) is 16.6 Å². The van der Waals surface area contributed by atoms with Crippen LogP contribution in [-0.2, 0) is 5.54 Å². The molecule has 2 atom stereocenters. The summed E-state index contributed by atoms with van der Waals surface area (Å²) in [6, 6.07) is 10.2. The summed E-state index contributed by atoms with van der Waals surface area (Å²) in [5.41, 5.74) is 1.92. The topological polar surface area (TPSA) is 62.3 Å². The molecule has 1 saturated carbocycles. The van der Waals surface area contributed by atoms with Crippen LogP contribution >= 0.6 is 0 Å². The summed E-state index contributed by atoms with van der Waals surface area (Å²) < 4.78 is 42.8. The number of benzene rings is 2. The maximum Gasteiger partial charge on any atom is 0.255 e. The van der Waals surface area contributed by atoms with E-state index in [2.05, 4.69) is 10.3 Å². The normalized spacial score (nSPS) is 24.9. The molecular formula is C26H22F3N3O2. The van der Waals surface area contributed by atoms with Crippen LogP contribution in [0.1, 0.15) is 52.5 Å². The monoisotopic (exact) mass is 465 g/mol. The zero-order chi connectivity index (χ0) is 23.8. The smallest absolute Gasteiger partial charge is 0.255 e. The van der Waals surface area contributed by atoms with Gasteiger partial charge in [-0.15, -0.1) is 0 Å². The van der Waals surface area contributed by atoms with Gasteiger partial charge < -0.3 is 10.2 Å². The lowest BCUT2D eigenvalue weighted by Gasteiger charge is -2.31. The van der Waals surface area contributed by atoms with Gasteiger partial charge in [0.15, 0.2) is 0 Å². The van der Waals surface area contributed by atoms with Crippen molar-refractivity contribution in [2.45, 2.75) is 37.6 Å². The zero-order valence-electron chi connectivity index (χ0n) is 18.5. The van der Waals surface area contributed by atoms with Crippen LogP contribution in [0.4, 0.5) is 13.2 Å². The Hall–Kier alpha value is -3.42. The second-order valence-electron chi connectivity index (χ2n) is 9.63. The van der Waals surface area contributed by atoms with Crippen molar-refractivity contribution in [3.63, 3.8) is 0 Å². The number of halogens is 3. The average Bonchev–Trinajstić information content (AvgIpc) is 3.35. The summed E-state index contributed by atoms with van der Waals surface area (Å²) in [5, 5.41) is 3.60. The highest BCUT2D eigenvalue weighted by Crippen LogP contribution is 2.57. The number of fused-ring (bicyclic) bond motifs is 3. The third-order valence-corrected chi connectivity index (χ3v) is 7.51. The maximum absolute atomic E-state index is 15.8. The Bertz CT molecular complexity index is 1380. The number of nitrogens with one attached hydrogen (secondary N) is 1. The highest BCUT2D eigenvalue weighted by Gasteiger charge is 2.60. The van der Waals surface area contributed by atoms with Gasteiger partial charge in [-0.25, -0.2) is 13.2 Å². The van der Waals surface area contributed by atoms with Crippen LogP contribution in [-0.4, -0.2) is 40.7 Å². The number of carbonyl (C=O) groups is 2. The Morgan fingerprint density at radius 2 is 1.82 bits per heavy atom. The number of aromatic nitrogens is 1. The molecule has 6 rings (SSSR count). The molecule has 2 unspecified atom stereocenters. The first kappa shape index (κ1) is 21.1. The molecule has 1 aliphatic carbocycles. The minimum atomic E-state index is -2.73. The van der Waals surface area contributed by atoms with Crippen molar-refractivity contribution in [2.75, 3.05) is 13.1 Å². The number of hydrogen-bond donors (Lipinski definition) is 1. The lowest BCUT2D eigenvalue weighted by Crippen LogP contribution is -2.42. The largest absolute Gasteiger partial charge is 0.342 e. The van der Waals surface area contributed by atoms with E-state index in [1.165, 1.54) is 11.1 Å². The summed E-state index contributed by atoms with van der Waals surface area (Å²) in [5.74, 6) is -3.59. The maximum atomic E-state index is 15.8. The number of piperidine rings is 1. The molecule has 8 heteroatoms. The number of amides is 2. The molecule has 1 saturated heterocycles. The zero-order valence-corrected chi connectivity index (χ0v) is 18.5. The van der Waals surface area contributed by atoms with Crippen molar-refractivity contribution in [3.8, 4) is 11.1 Å². The SMILES string of the molecule is CC1CC12NC(=O)c1ccc(-c3cccc4cc(C(=O)N5CCC(F)(F)CC5)cnc34)c(F)c12. The van der Waals surface area contributed by atoms with Crippen molar-refractivity contribution >= 4 is 22.7 Å².